The lowest BCUT2D eigenvalue weighted by molar-refractivity contribution is -0.124. The van der Waals surface area contributed by atoms with Crippen molar-refractivity contribution in [3.8, 4) is 0 Å². The van der Waals surface area contributed by atoms with Crippen LogP contribution in [0.2, 0.25) is 0 Å². The van der Waals surface area contributed by atoms with Crippen LogP contribution in [0.5, 0.6) is 0 Å². The van der Waals surface area contributed by atoms with E-state index in [0.29, 0.717) is 44.8 Å². The van der Waals surface area contributed by atoms with Gasteiger partial charge in [-0.1, -0.05) is 18.2 Å². The van der Waals surface area contributed by atoms with E-state index < -0.39 is 11.5 Å². The molecule has 8 heteroatoms. The molecule has 6 rings (SSSR count). The molecule has 1 spiro atoms. The number of ether oxygens (including phenoxy) is 3. The molecule has 4 heterocycles. The maximum absolute atomic E-state index is 13.9. The molecular formula is C25H28N2O6. The van der Waals surface area contributed by atoms with Crippen molar-refractivity contribution < 1.29 is 28.9 Å². The molecule has 1 N–H and O–H groups in total. The van der Waals surface area contributed by atoms with Crippen molar-refractivity contribution in [3.05, 3.63) is 53.5 Å². The summed E-state index contributed by atoms with van der Waals surface area (Å²) in [4.78, 5) is 28.4. The summed E-state index contributed by atoms with van der Waals surface area (Å²) in [6, 6.07) is 8.06. The van der Waals surface area contributed by atoms with Crippen molar-refractivity contribution in [1.82, 2.24) is 4.90 Å². The second kappa shape index (κ2) is 7.80. The van der Waals surface area contributed by atoms with Crippen LogP contribution in [0, 0.1) is 5.92 Å². The smallest absolute Gasteiger partial charge is 0.407 e. The summed E-state index contributed by atoms with van der Waals surface area (Å²) in [5.74, 6) is 1.50. The number of amides is 2. The zero-order valence-electron chi connectivity index (χ0n) is 18.4. The van der Waals surface area contributed by atoms with E-state index in [0.717, 1.165) is 36.5 Å². The molecule has 0 bridgehead atoms. The lowest BCUT2D eigenvalue weighted by atomic mass is 9.70. The fourth-order valence-corrected chi connectivity index (χ4v) is 6.01. The number of benzene rings is 1. The Kier molecular flexibility index (Phi) is 4.87. The van der Waals surface area contributed by atoms with Gasteiger partial charge in [0.1, 0.15) is 29.6 Å². The molecule has 5 aliphatic rings. The van der Waals surface area contributed by atoms with Crippen molar-refractivity contribution in [2.75, 3.05) is 37.7 Å². The van der Waals surface area contributed by atoms with Crippen LogP contribution >= 0.6 is 0 Å². The largest absolute Gasteiger partial charge is 0.496 e. The predicted molar refractivity (Wildman–Crippen MR) is 119 cm³/mol. The van der Waals surface area contributed by atoms with E-state index in [1.54, 1.807) is 0 Å². The maximum Gasteiger partial charge on any atom is 0.407 e. The second-order valence-electron chi connectivity index (χ2n) is 9.53. The van der Waals surface area contributed by atoms with Crippen molar-refractivity contribution in [2.24, 2.45) is 5.92 Å². The average molecular weight is 453 g/mol. The fourth-order valence-electron chi connectivity index (χ4n) is 6.01. The first kappa shape index (κ1) is 20.6. The predicted octanol–water partition coefficient (Wildman–Crippen LogP) is 3.04. The summed E-state index contributed by atoms with van der Waals surface area (Å²) in [5.41, 5.74) is 1.27. The second-order valence-corrected chi connectivity index (χ2v) is 9.53. The monoisotopic (exact) mass is 452 g/mol. The van der Waals surface area contributed by atoms with Gasteiger partial charge in [-0.05, 0) is 37.0 Å². The molecule has 33 heavy (non-hydrogen) atoms. The van der Waals surface area contributed by atoms with E-state index in [4.69, 9.17) is 14.2 Å². The van der Waals surface area contributed by atoms with E-state index in [1.165, 1.54) is 4.90 Å². The Morgan fingerprint density at radius 2 is 2.15 bits per heavy atom. The third-order valence-electron chi connectivity index (χ3n) is 7.67. The maximum atomic E-state index is 13.9. The lowest BCUT2D eigenvalue weighted by Gasteiger charge is -2.29. The zero-order valence-corrected chi connectivity index (χ0v) is 18.4. The number of rotatable bonds is 4. The van der Waals surface area contributed by atoms with Crippen LogP contribution in [-0.4, -0.2) is 67.1 Å². The van der Waals surface area contributed by atoms with Crippen LogP contribution in [0.15, 0.2) is 47.9 Å². The van der Waals surface area contributed by atoms with Gasteiger partial charge in [0.25, 0.3) is 0 Å². The summed E-state index contributed by atoms with van der Waals surface area (Å²) in [7, 11) is 0. The number of anilines is 1. The summed E-state index contributed by atoms with van der Waals surface area (Å²) >= 11 is 0. The quantitative estimate of drug-likeness (QED) is 0.756. The molecule has 0 aromatic heterocycles. The highest BCUT2D eigenvalue weighted by Gasteiger charge is 2.61. The minimum atomic E-state index is -0.913. The molecule has 1 aromatic rings. The van der Waals surface area contributed by atoms with Gasteiger partial charge in [-0.2, -0.15) is 0 Å². The summed E-state index contributed by atoms with van der Waals surface area (Å²) in [6.45, 7) is 2.51. The minimum absolute atomic E-state index is 0.0768. The van der Waals surface area contributed by atoms with Gasteiger partial charge in [0, 0.05) is 37.3 Å². The number of nitrogens with zero attached hydrogens (tertiary/aromatic N) is 2. The van der Waals surface area contributed by atoms with Crippen LogP contribution in [0.4, 0.5) is 10.5 Å². The summed E-state index contributed by atoms with van der Waals surface area (Å²) in [6.07, 6.45) is 6.26. The Labute approximate surface area is 192 Å². The van der Waals surface area contributed by atoms with Gasteiger partial charge in [0.15, 0.2) is 0 Å². The Hall–Kier alpha value is -3.00. The van der Waals surface area contributed by atoms with Gasteiger partial charge in [-0.3, -0.25) is 4.79 Å². The van der Waals surface area contributed by atoms with Crippen LogP contribution < -0.4 is 4.90 Å². The van der Waals surface area contributed by atoms with E-state index in [1.807, 2.05) is 35.3 Å². The topological polar surface area (TPSA) is 88.5 Å². The molecule has 174 valence electrons. The van der Waals surface area contributed by atoms with E-state index in [9.17, 15) is 14.7 Å². The van der Waals surface area contributed by atoms with E-state index >= 15 is 0 Å². The standard InChI is InChI=1S/C25H28N2O6/c28-23-25(19-5-1-2-6-21(19)27(23)14-17-4-3-11-31-17)15-32-22-12-16(7-8-20(22)25)33-18-9-10-26(13-18)24(29)30/h1-2,5-7,12,17-18,20H,3-4,8-11,13-15H2,(H,29,30)/t17-,18-,20?,25?/m1/s1. The molecule has 8 nitrogen and oxygen atoms in total. The third kappa shape index (κ3) is 3.22. The molecule has 4 aliphatic heterocycles. The number of para-hydroxylation sites is 1. The van der Waals surface area contributed by atoms with Gasteiger partial charge in [0.05, 0.1) is 19.2 Å². The van der Waals surface area contributed by atoms with Crippen molar-refractivity contribution in [3.63, 3.8) is 0 Å². The molecule has 1 aromatic carbocycles. The number of allylic oxidation sites excluding steroid dienone is 3. The Morgan fingerprint density at radius 1 is 1.27 bits per heavy atom. The Bertz CT molecular complexity index is 1050. The first-order valence-electron chi connectivity index (χ1n) is 11.8. The molecule has 3 fully saturated rings. The highest BCUT2D eigenvalue weighted by molar-refractivity contribution is 6.09. The average Bonchev–Trinajstić information content (AvgIpc) is 3.60. The minimum Gasteiger partial charge on any atom is -0.496 e. The Balaban J connectivity index is 1.24. The number of carbonyl (C=O) groups excluding carboxylic acids is 1. The van der Waals surface area contributed by atoms with Gasteiger partial charge in [-0.25, -0.2) is 4.79 Å². The number of hydrogen-bond donors (Lipinski definition) is 1. The molecule has 1 aliphatic carbocycles. The molecule has 2 amide bonds. The Morgan fingerprint density at radius 3 is 2.94 bits per heavy atom. The number of likely N-dealkylation sites (tertiary alicyclic amines) is 1. The van der Waals surface area contributed by atoms with Gasteiger partial charge >= 0.3 is 6.09 Å². The van der Waals surface area contributed by atoms with Crippen molar-refractivity contribution in [1.29, 1.82) is 0 Å². The number of fused-ring (bicyclic) bond motifs is 4. The highest BCUT2D eigenvalue weighted by atomic mass is 16.5. The molecule has 2 unspecified atom stereocenters. The molecule has 4 atom stereocenters. The normalized spacial score (nSPS) is 32.5. The lowest BCUT2D eigenvalue weighted by Crippen LogP contribution is -2.47. The number of carbonyl (C=O) groups is 2. The molecule has 0 saturated carbocycles. The van der Waals surface area contributed by atoms with Crippen LogP contribution in [-0.2, 0) is 24.4 Å². The van der Waals surface area contributed by atoms with Crippen LogP contribution in [0.25, 0.3) is 0 Å². The summed E-state index contributed by atoms with van der Waals surface area (Å²) < 4.78 is 18.1. The van der Waals surface area contributed by atoms with Gasteiger partial charge in [0.2, 0.25) is 5.91 Å². The van der Waals surface area contributed by atoms with Gasteiger partial charge in [-0.15, -0.1) is 0 Å². The number of carboxylic acid groups (broad SMARTS) is 1. The highest BCUT2D eigenvalue weighted by Crippen LogP contribution is 2.55. The molecular weight excluding hydrogens is 424 g/mol. The van der Waals surface area contributed by atoms with Crippen LogP contribution in [0.3, 0.4) is 0 Å². The van der Waals surface area contributed by atoms with E-state index in [2.05, 4.69) is 6.07 Å². The van der Waals surface area contributed by atoms with Crippen molar-refractivity contribution in [2.45, 2.75) is 43.3 Å². The summed E-state index contributed by atoms with van der Waals surface area (Å²) in [5, 5.41) is 9.17. The first-order chi connectivity index (χ1) is 16.1. The third-order valence-corrected chi connectivity index (χ3v) is 7.67. The van der Waals surface area contributed by atoms with Crippen LogP contribution in [0.1, 0.15) is 31.2 Å². The molecule has 0 radical (unpaired) electrons. The molecule has 3 saturated heterocycles. The van der Waals surface area contributed by atoms with Gasteiger partial charge < -0.3 is 29.1 Å². The van der Waals surface area contributed by atoms with Crippen molar-refractivity contribution >= 4 is 17.7 Å². The fraction of sp³-hybridized carbons (Fsp3) is 0.520. The SMILES string of the molecule is O=C(O)N1CC[C@@H](OC2=CCC3C(=C2)OCC32C(=O)N(C[C@H]3CCCO3)c3ccccc32)C1. The first-order valence-corrected chi connectivity index (χ1v) is 11.8. The zero-order chi connectivity index (χ0) is 22.6. The van der Waals surface area contributed by atoms with E-state index in [-0.39, 0.29) is 24.0 Å². The number of hydrogen-bond acceptors (Lipinski definition) is 5.